The molecule has 0 saturated carbocycles. The van der Waals surface area contributed by atoms with Gasteiger partial charge in [-0.25, -0.2) is 0 Å². The van der Waals surface area contributed by atoms with Crippen LogP contribution in [0.3, 0.4) is 0 Å². The van der Waals surface area contributed by atoms with E-state index in [-0.39, 0.29) is 24.0 Å². The van der Waals surface area contributed by atoms with E-state index in [2.05, 4.69) is 58.1 Å². The van der Waals surface area contributed by atoms with Crippen molar-refractivity contribution in [2.45, 2.75) is 39.7 Å². The third kappa shape index (κ3) is 6.88. The molecule has 28 heavy (non-hydrogen) atoms. The summed E-state index contributed by atoms with van der Waals surface area (Å²) in [6.45, 7) is 15.6. The predicted octanol–water partition coefficient (Wildman–Crippen LogP) is 3.05. The third-order valence-corrected chi connectivity index (χ3v) is 5.82. The summed E-state index contributed by atoms with van der Waals surface area (Å²) in [7, 11) is 0. The minimum absolute atomic E-state index is 0. The molecule has 0 bridgehead atoms. The average Bonchev–Trinajstić information content (AvgIpc) is 2.73. The molecule has 2 aliphatic heterocycles. The number of fused-ring (bicyclic) bond motifs is 1. The van der Waals surface area contributed by atoms with Gasteiger partial charge in [-0.3, -0.25) is 4.99 Å². The lowest BCUT2D eigenvalue weighted by molar-refractivity contribution is 0.136. The van der Waals surface area contributed by atoms with Crippen LogP contribution in [0.5, 0.6) is 0 Å². The molecule has 6 heteroatoms. The standard InChI is InChI=1S/C22H37N5.HI/c1-3-23-22(27-14-11-20-9-5-6-10-21(20)19-27)24-12-7-8-13-26-17-15-25(4-2)16-18-26;/h5-6,9-10H,3-4,7-8,11-19H2,1-2H3,(H,23,24);1H. The Kier molecular flexibility index (Phi) is 10.6. The largest absolute Gasteiger partial charge is 0.357 e. The van der Waals surface area contributed by atoms with Crippen molar-refractivity contribution in [1.82, 2.24) is 20.0 Å². The van der Waals surface area contributed by atoms with Crippen LogP contribution in [-0.4, -0.2) is 79.6 Å². The fourth-order valence-corrected chi connectivity index (χ4v) is 4.06. The van der Waals surface area contributed by atoms with Gasteiger partial charge < -0.3 is 20.0 Å². The zero-order chi connectivity index (χ0) is 18.9. The Balaban J connectivity index is 0.00000280. The Hall–Kier alpha value is -0.860. The molecule has 0 radical (unpaired) electrons. The Morgan fingerprint density at radius 1 is 0.964 bits per heavy atom. The van der Waals surface area contributed by atoms with E-state index >= 15 is 0 Å². The van der Waals surface area contributed by atoms with Crippen molar-refractivity contribution in [2.75, 3.05) is 58.9 Å². The fraction of sp³-hybridized carbons (Fsp3) is 0.682. The van der Waals surface area contributed by atoms with Gasteiger partial charge in [-0.2, -0.15) is 0 Å². The van der Waals surface area contributed by atoms with Crippen LogP contribution >= 0.6 is 24.0 Å². The Labute approximate surface area is 188 Å². The van der Waals surface area contributed by atoms with Crippen LogP contribution in [0.25, 0.3) is 0 Å². The molecule has 1 saturated heterocycles. The molecule has 158 valence electrons. The zero-order valence-corrected chi connectivity index (χ0v) is 20.0. The highest BCUT2D eigenvalue weighted by Crippen LogP contribution is 2.18. The van der Waals surface area contributed by atoms with E-state index in [0.29, 0.717) is 0 Å². The fourth-order valence-electron chi connectivity index (χ4n) is 4.06. The monoisotopic (exact) mass is 499 g/mol. The van der Waals surface area contributed by atoms with E-state index in [1.54, 1.807) is 0 Å². The quantitative estimate of drug-likeness (QED) is 0.271. The molecule has 2 heterocycles. The van der Waals surface area contributed by atoms with Crippen LogP contribution in [0.4, 0.5) is 0 Å². The first-order valence-electron chi connectivity index (χ1n) is 10.8. The van der Waals surface area contributed by atoms with Gasteiger partial charge in [0.15, 0.2) is 5.96 Å². The first-order valence-corrected chi connectivity index (χ1v) is 10.8. The van der Waals surface area contributed by atoms with E-state index in [1.807, 2.05) is 0 Å². The zero-order valence-electron chi connectivity index (χ0n) is 17.7. The second-order valence-corrected chi connectivity index (χ2v) is 7.66. The molecule has 1 aromatic rings. The second kappa shape index (κ2) is 12.6. The van der Waals surface area contributed by atoms with Gasteiger partial charge in [0.2, 0.25) is 0 Å². The van der Waals surface area contributed by atoms with E-state index in [9.17, 15) is 0 Å². The van der Waals surface area contributed by atoms with Crippen molar-refractivity contribution in [3.8, 4) is 0 Å². The van der Waals surface area contributed by atoms with E-state index in [4.69, 9.17) is 4.99 Å². The summed E-state index contributed by atoms with van der Waals surface area (Å²) in [5, 5.41) is 3.49. The van der Waals surface area contributed by atoms with Crippen molar-refractivity contribution in [3.05, 3.63) is 35.4 Å². The molecule has 3 rings (SSSR count). The molecule has 1 fully saturated rings. The minimum atomic E-state index is 0. The summed E-state index contributed by atoms with van der Waals surface area (Å²) in [6, 6.07) is 8.81. The summed E-state index contributed by atoms with van der Waals surface area (Å²) in [6.07, 6.45) is 3.54. The molecule has 1 N–H and O–H groups in total. The third-order valence-electron chi connectivity index (χ3n) is 5.82. The van der Waals surface area contributed by atoms with Crippen molar-refractivity contribution in [1.29, 1.82) is 0 Å². The smallest absolute Gasteiger partial charge is 0.194 e. The number of hydrogen-bond acceptors (Lipinski definition) is 3. The molecular formula is C22H38IN5. The number of likely N-dealkylation sites (N-methyl/N-ethyl adjacent to an activating group) is 1. The Morgan fingerprint density at radius 2 is 1.68 bits per heavy atom. The minimum Gasteiger partial charge on any atom is -0.357 e. The first kappa shape index (κ1) is 23.4. The number of halogens is 1. The van der Waals surface area contributed by atoms with Crippen LogP contribution in [-0.2, 0) is 13.0 Å². The van der Waals surface area contributed by atoms with Gasteiger partial charge in [0.1, 0.15) is 0 Å². The molecule has 2 aliphatic rings. The highest BCUT2D eigenvalue weighted by molar-refractivity contribution is 14.0. The van der Waals surface area contributed by atoms with E-state index < -0.39 is 0 Å². The van der Waals surface area contributed by atoms with Crippen molar-refractivity contribution in [2.24, 2.45) is 4.99 Å². The molecule has 0 unspecified atom stereocenters. The number of unbranched alkanes of at least 4 members (excludes halogenated alkanes) is 1. The van der Waals surface area contributed by atoms with Crippen LogP contribution in [0.2, 0.25) is 0 Å². The normalized spacial score (nSPS) is 18.5. The summed E-state index contributed by atoms with van der Waals surface area (Å²) in [4.78, 5) is 12.5. The van der Waals surface area contributed by atoms with Gasteiger partial charge in [-0.15, -0.1) is 24.0 Å². The van der Waals surface area contributed by atoms with Gasteiger partial charge in [0.25, 0.3) is 0 Å². The van der Waals surface area contributed by atoms with Crippen molar-refractivity contribution in [3.63, 3.8) is 0 Å². The van der Waals surface area contributed by atoms with E-state index in [0.717, 1.165) is 38.6 Å². The number of benzene rings is 1. The molecule has 0 atom stereocenters. The lowest BCUT2D eigenvalue weighted by Crippen LogP contribution is -2.46. The molecule has 1 aromatic carbocycles. The highest BCUT2D eigenvalue weighted by Gasteiger charge is 2.18. The average molecular weight is 499 g/mol. The van der Waals surface area contributed by atoms with Crippen molar-refractivity contribution < 1.29 is 0 Å². The molecule has 0 amide bonds. The number of aliphatic imine (C=N–C) groups is 1. The van der Waals surface area contributed by atoms with Crippen LogP contribution in [0, 0.1) is 0 Å². The lowest BCUT2D eigenvalue weighted by Gasteiger charge is -2.34. The Morgan fingerprint density at radius 3 is 2.39 bits per heavy atom. The Bertz CT molecular complexity index is 598. The number of hydrogen-bond donors (Lipinski definition) is 1. The van der Waals surface area contributed by atoms with Crippen LogP contribution < -0.4 is 5.32 Å². The molecule has 5 nitrogen and oxygen atoms in total. The van der Waals surface area contributed by atoms with Gasteiger partial charge in [-0.05, 0) is 50.4 Å². The van der Waals surface area contributed by atoms with Crippen LogP contribution in [0.15, 0.2) is 29.3 Å². The number of nitrogens with zero attached hydrogens (tertiary/aromatic N) is 4. The predicted molar refractivity (Wildman–Crippen MR) is 130 cm³/mol. The molecular weight excluding hydrogens is 461 g/mol. The number of rotatable bonds is 7. The first-order chi connectivity index (χ1) is 13.3. The van der Waals surface area contributed by atoms with Gasteiger partial charge in [0.05, 0.1) is 0 Å². The van der Waals surface area contributed by atoms with Gasteiger partial charge in [-0.1, -0.05) is 31.2 Å². The van der Waals surface area contributed by atoms with Crippen molar-refractivity contribution >= 4 is 29.9 Å². The number of nitrogens with one attached hydrogen (secondary N) is 1. The topological polar surface area (TPSA) is 34.1 Å². The SMILES string of the molecule is CCNC(=NCCCCN1CCN(CC)CC1)N1CCc2ccccc2C1.I. The number of piperazine rings is 1. The lowest BCUT2D eigenvalue weighted by atomic mass is 10.0. The summed E-state index contributed by atoms with van der Waals surface area (Å²) >= 11 is 0. The maximum Gasteiger partial charge on any atom is 0.194 e. The summed E-state index contributed by atoms with van der Waals surface area (Å²) in [5.41, 5.74) is 2.94. The van der Waals surface area contributed by atoms with Gasteiger partial charge in [0, 0.05) is 52.4 Å². The summed E-state index contributed by atoms with van der Waals surface area (Å²) in [5.74, 6) is 1.09. The molecule has 0 spiro atoms. The molecule has 0 aromatic heterocycles. The molecule has 0 aliphatic carbocycles. The highest BCUT2D eigenvalue weighted by atomic mass is 127. The summed E-state index contributed by atoms with van der Waals surface area (Å²) < 4.78 is 0. The maximum atomic E-state index is 4.92. The maximum absolute atomic E-state index is 4.92. The van der Waals surface area contributed by atoms with Crippen LogP contribution in [0.1, 0.15) is 37.8 Å². The van der Waals surface area contributed by atoms with Gasteiger partial charge >= 0.3 is 0 Å². The number of guanidine groups is 1. The van der Waals surface area contributed by atoms with E-state index in [1.165, 1.54) is 63.2 Å². The second-order valence-electron chi connectivity index (χ2n) is 7.66.